The van der Waals surface area contributed by atoms with Crippen molar-refractivity contribution in [3.05, 3.63) is 47.4 Å². The molecule has 1 aliphatic heterocycles. The largest absolute Gasteiger partial charge is 0.493 e. The van der Waals surface area contributed by atoms with Gasteiger partial charge in [0.2, 0.25) is 0 Å². The highest BCUT2D eigenvalue weighted by atomic mass is 16.5. The minimum Gasteiger partial charge on any atom is -0.493 e. The predicted octanol–water partition coefficient (Wildman–Crippen LogP) is 2.18. The Bertz CT molecular complexity index is 771. The Balaban J connectivity index is 2.01. The Morgan fingerprint density at radius 3 is 2.65 bits per heavy atom. The van der Waals surface area contributed by atoms with Crippen molar-refractivity contribution in [3.8, 4) is 11.5 Å². The van der Waals surface area contributed by atoms with Gasteiger partial charge in [-0.2, -0.15) is 0 Å². The number of aliphatic hydroxyl groups is 1. The van der Waals surface area contributed by atoms with E-state index in [2.05, 4.69) is 0 Å². The summed E-state index contributed by atoms with van der Waals surface area (Å²) in [5.74, 6) is 1.56. The molecule has 1 amide bonds. The average Bonchev–Trinajstić information content (AvgIpc) is 3.12. The lowest BCUT2D eigenvalue weighted by Gasteiger charge is -2.41. The molecule has 7 heteroatoms. The summed E-state index contributed by atoms with van der Waals surface area (Å²) >= 11 is 0. The van der Waals surface area contributed by atoms with Crippen molar-refractivity contribution in [3.63, 3.8) is 0 Å². The van der Waals surface area contributed by atoms with E-state index >= 15 is 0 Å². The van der Waals surface area contributed by atoms with Crippen molar-refractivity contribution in [1.82, 2.24) is 4.90 Å². The van der Waals surface area contributed by atoms with Crippen LogP contribution in [0.5, 0.6) is 11.5 Å². The zero-order valence-electron chi connectivity index (χ0n) is 15.1. The highest BCUT2D eigenvalue weighted by Crippen LogP contribution is 2.36. The molecule has 2 aromatic rings. The molecular weight excluding hydrogens is 338 g/mol. The molecule has 1 aliphatic rings. The molecule has 26 heavy (non-hydrogen) atoms. The number of ether oxygens (including phenoxy) is 3. The summed E-state index contributed by atoms with van der Waals surface area (Å²) in [7, 11) is 3.12. The van der Waals surface area contributed by atoms with Crippen LogP contribution in [-0.4, -0.2) is 56.0 Å². The summed E-state index contributed by atoms with van der Waals surface area (Å²) in [6.45, 7) is 2.33. The zero-order chi connectivity index (χ0) is 18.7. The topological polar surface area (TPSA) is 81.4 Å². The zero-order valence-corrected chi connectivity index (χ0v) is 15.1. The summed E-state index contributed by atoms with van der Waals surface area (Å²) in [5, 5.41) is 9.80. The van der Waals surface area contributed by atoms with Gasteiger partial charge in [-0.25, -0.2) is 0 Å². The fourth-order valence-electron chi connectivity index (χ4n) is 3.31. The molecule has 1 N–H and O–H groups in total. The second-order valence-corrected chi connectivity index (χ2v) is 6.04. The number of carbonyl (C=O) groups is 1. The van der Waals surface area contributed by atoms with Crippen molar-refractivity contribution >= 4 is 5.91 Å². The fraction of sp³-hybridized carbons (Fsp3) is 0.421. The van der Waals surface area contributed by atoms with Crippen LogP contribution >= 0.6 is 0 Å². The van der Waals surface area contributed by atoms with Gasteiger partial charge in [0.05, 0.1) is 45.3 Å². The van der Waals surface area contributed by atoms with Gasteiger partial charge in [0.1, 0.15) is 11.9 Å². The van der Waals surface area contributed by atoms with Crippen LogP contribution in [0, 0.1) is 6.92 Å². The van der Waals surface area contributed by atoms with E-state index in [-0.39, 0.29) is 12.5 Å². The van der Waals surface area contributed by atoms with Crippen molar-refractivity contribution < 1.29 is 28.5 Å². The van der Waals surface area contributed by atoms with E-state index in [0.29, 0.717) is 36.0 Å². The lowest BCUT2D eigenvalue weighted by atomic mass is 9.97. The van der Waals surface area contributed by atoms with E-state index in [4.69, 9.17) is 18.6 Å². The smallest absolute Gasteiger partial charge is 0.258 e. The van der Waals surface area contributed by atoms with Crippen molar-refractivity contribution in [1.29, 1.82) is 0 Å². The van der Waals surface area contributed by atoms with E-state index in [1.54, 1.807) is 38.2 Å². The lowest BCUT2D eigenvalue weighted by Crippen LogP contribution is -2.49. The second-order valence-electron chi connectivity index (χ2n) is 6.04. The quantitative estimate of drug-likeness (QED) is 0.879. The Morgan fingerprint density at radius 2 is 2.04 bits per heavy atom. The maximum absolute atomic E-state index is 13.1. The molecule has 1 fully saturated rings. The van der Waals surface area contributed by atoms with E-state index in [9.17, 15) is 9.90 Å². The number of aliphatic hydroxyl groups excluding tert-OH is 1. The van der Waals surface area contributed by atoms with Crippen LogP contribution in [0.3, 0.4) is 0 Å². The first kappa shape index (κ1) is 18.3. The minimum absolute atomic E-state index is 0.155. The molecular formula is C19H23NO6. The van der Waals surface area contributed by atoms with Gasteiger partial charge in [0.25, 0.3) is 5.91 Å². The summed E-state index contributed by atoms with van der Waals surface area (Å²) < 4.78 is 21.6. The third-order valence-corrected chi connectivity index (χ3v) is 4.63. The van der Waals surface area contributed by atoms with Crippen LogP contribution in [0.15, 0.2) is 34.9 Å². The molecule has 0 unspecified atom stereocenters. The predicted molar refractivity (Wildman–Crippen MR) is 93.6 cm³/mol. The van der Waals surface area contributed by atoms with Gasteiger partial charge in [-0.15, -0.1) is 0 Å². The maximum atomic E-state index is 13.1. The van der Waals surface area contributed by atoms with Crippen LogP contribution in [-0.2, 0) is 4.74 Å². The third-order valence-electron chi connectivity index (χ3n) is 4.63. The molecule has 140 valence electrons. The van der Waals surface area contributed by atoms with E-state index in [0.717, 1.165) is 5.56 Å². The lowest BCUT2D eigenvalue weighted by molar-refractivity contribution is -0.0812. The Morgan fingerprint density at radius 1 is 1.27 bits per heavy atom. The second kappa shape index (κ2) is 7.80. The van der Waals surface area contributed by atoms with Crippen LogP contribution in [0.25, 0.3) is 0 Å². The third kappa shape index (κ3) is 3.27. The van der Waals surface area contributed by atoms with Crippen molar-refractivity contribution in [2.45, 2.75) is 19.1 Å². The number of methoxy groups -OCH3 is 2. The van der Waals surface area contributed by atoms with Gasteiger partial charge in [0, 0.05) is 6.54 Å². The summed E-state index contributed by atoms with van der Waals surface area (Å²) in [6.07, 6.45) is 0.968. The van der Waals surface area contributed by atoms with Gasteiger partial charge in [-0.3, -0.25) is 4.79 Å². The Kier molecular flexibility index (Phi) is 5.49. The summed E-state index contributed by atoms with van der Waals surface area (Å²) in [5.41, 5.74) is 1.31. The number of hydrogen-bond donors (Lipinski definition) is 1. The monoisotopic (exact) mass is 361 g/mol. The molecule has 3 rings (SSSR count). The number of aryl methyl sites for hydroxylation is 1. The van der Waals surface area contributed by atoms with Gasteiger partial charge >= 0.3 is 0 Å². The number of hydrogen-bond acceptors (Lipinski definition) is 6. The minimum atomic E-state index is -0.530. The first-order valence-electron chi connectivity index (χ1n) is 8.40. The Labute approximate surface area is 152 Å². The van der Waals surface area contributed by atoms with Crippen LogP contribution in [0.2, 0.25) is 0 Å². The van der Waals surface area contributed by atoms with E-state index in [1.165, 1.54) is 6.26 Å². The molecule has 0 saturated carbocycles. The van der Waals surface area contributed by atoms with Crippen molar-refractivity contribution in [2.75, 3.05) is 34.0 Å². The molecule has 2 heterocycles. The van der Waals surface area contributed by atoms with Gasteiger partial charge in [-0.05, 0) is 30.7 Å². The molecule has 2 atom stereocenters. The number of morpholine rings is 1. The number of carbonyl (C=O) groups excluding carboxylic acids is 1. The molecule has 1 aromatic heterocycles. The number of furan rings is 1. The number of rotatable bonds is 5. The van der Waals surface area contributed by atoms with Crippen molar-refractivity contribution in [2.24, 2.45) is 0 Å². The Hall–Kier alpha value is -2.51. The van der Waals surface area contributed by atoms with Crippen LogP contribution < -0.4 is 9.47 Å². The summed E-state index contributed by atoms with van der Waals surface area (Å²) in [6, 6.07) is 6.65. The van der Waals surface area contributed by atoms with E-state index in [1.807, 2.05) is 12.1 Å². The highest BCUT2D eigenvalue weighted by molar-refractivity contribution is 5.95. The number of benzene rings is 1. The first-order valence-corrected chi connectivity index (χ1v) is 8.40. The summed E-state index contributed by atoms with van der Waals surface area (Å²) in [4.78, 5) is 14.8. The molecule has 0 bridgehead atoms. The fourth-order valence-corrected chi connectivity index (χ4v) is 3.31. The molecule has 1 aromatic carbocycles. The average molecular weight is 361 g/mol. The molecule has 7 nitrogen and oxygen atoms in total. The molecule has 0 aliphatic carbocycles. The maximum Gasteiger partial charge on any atom is 0.258 e. The number of nitrogens with zero attached hydrogens (tertiary/aromatic N) is 1. The van der Waals surface area contributed by atoms with Crippen LogP contribution in [0.4, 0.5) is 0 Å². The molecule has 0 radical (unpaired) electrons. The van der Waals surface area contributed by atoms with E-state index < -0.39 is 12.1 Å². The SMILES string of the molecule is COc1ccc([C@@H]2[C@@H](CO)OCCN2C(=O)c2ccoc2C)cc1OC. The molecule has 1 saturated heterocycles. The highest BCUT2D eigenvalue weighted by Gasteiger charge is 2.37. The number of amides is 1. The molecule has 0 spiro atoms. The van der Waals surface area contributed by atoms with Gasteiger partial charge in [0.15, 0.2) is 11.5 Å². The first-order chi connectivity index (χ1) is 12.6. The van der Waals surface area contributed by atoms with Gasteiger partial charge in [-0.1, -0.05) is 6.07 Å². The normalized spacial score (nSPS) is 20.1. The van der Waals surface area contributed by atoms with Crippen LogP contribution in [0.1, 0.15) is 27.7 Å². The standard InChI is InChI=1S/C19H23NO6/c1-12-14(6-8-25-12)19(22)20-7-9-26-17(11-21)18(20)13-4-5-15(23-2)16(10-13)24-3/h4-6,8,10,17-18,21H,7,9,11H2,1-3H3/t17-,18-/m1/s1. The van der Waals surface area contributed by atoms with Gasteiger partial charge < -0.3 is 28.6 Å².